The van der Waals surface area contributed by atoms with E-state index in [1.807, 2.05) is 44.2 Å². The summed E-state index contributed by atoms with van der Waals surface area (Å²) in [5.41, 5.74) is 9.89. The minimum atomic E-state index is -0.277. The summed E-state index contributed by atoms with van der Waals surface area (Å²) in [7, 11) is 3.14. The molecule has 0 saturated carbocycles. The molecule has 8 nitrogen and oxygen atoms in total. The standard InChI is InChI=1S/C23H25N5O3/c1-5-13(2)25-23(29)19-20-22(27-16-9-7-6-8-15(16)26-20)28(21(19)24)14-10-11-17(30-3)18(12-14)31-4/h6-13H,5,24H2,1-4H3,(H,25,29)/t13-/m1/s1. The number of methoxy groups -OCH3 is 2. The van der Waals surface area contributed by atoms with E-state index in [9.17, 15) is 4.79 Å². The minimum Gasteiger partial charge on any atom is -0.493 e. The molecule has 3 N–H and O–H groups in total. The molecule has 2 heterocycles. The van der Waals surface area contributed by atoms with Crippen LogP contribution in [0.3, 0.4) is 0 Å². The molecule has 0 aliphatic carbocycles. The maximum atomic E-state index is 13.1. The van der Waals surface area contributed by atoms with Crippen molar-refractivity contribution < 1.29 is 14.3 Å². The van der Waals surface area contributed by atoms with E-state index >= 15 is 0 Å². The number of nitrogens with one attached hydrogen (secondary N) is 1. The molecule has 2 aromatic heterocycles. The maximum absolute atomic E-state index is 13.1. The van der Waals surface area contributed by atoms with Gasteiger partial charge in [0.2, 0.25) is 0 Å². The van der Waals surface area contributed by atoms with Gasteiger partial charge in [-0.05, 0) is 37.6 Å². The van der Waals surface area contributed by atoms with Crippen LogP contribution in [-0.4, -0.2) is 40.7 Å². The molecule has 0 unspecified atom stereocenters. The van der Waals surface area contributed by atoms with Gasteiger partial charge in [-0.15, -0.1) is 0 Å². The summed E-state index contributed by atoms with van der Waals surface area (Å²) in [6.45, 7) is 3.96. The molecule has 0 radical (unpaired) electrons. The molecule has 2 aromatic carbocycles. The van der Waals surface area contributed by atoms with Gasteiger partial charge in [0.1, 0.15) is 16.9 Å². The number of para-hydroxylation sites is 2. The molecular weight excluding hydrogens is 394 g/mol. The molecular formula is C23H25N5O3. The zero-order valence-electron chi connectivity index (χ0n) is 18.0. The second kappa shape index (κ2) is 8.14. The molecule has 4 rings (SSSR count). The number of nitrogens with two attached hydrogens (primary N) is 1. The first kappa shape index (κ1) is 20.5. The highest BCUT2D eigenvalue weighted by Crippen LogP contribution is 2.35. The van der Waals surface area contributed by atoms with Crippen molar-refractivity contribution in [2.45, 2.75) is 26.3 Å². The lowest BCUT2D eigenvalue weighted by molar-refractivity contribution is 0.0941. The van der Waals surface area contributed by atoms with Crippen LogP contribution in [0, 0.1) is 0 Å². The summed E-state index contributed by atoms with van der Waals surface area (Å²) in [5, 5.41) is 2.99. The highest BCUT2D eigenvalue weighted by molar-refractivity contribution is 6.11. The third-order valence-electron chi connectivity index (χ3n) is 5.34. The van der Waals surface area contributed by atoms with E-state index < -0.39 is 0 Å². The van der Waals surface area contributed by atoms with Gasteiger partial charge in [-0.2, -0.15) is 0 Å². The fourth-order valence-electron chi connectivity index (χ4n) is 3.51. The molecule has 8 heteroatoms. The highest BCUT2D eigenvalue weighted by Gasteiger charge is 2.26. The van der Waals surface area contributed by atoms with Crippen molar-refractivity contribution in [1.82, 2.24) is 19.9 Å². The summed E-state index contributed by atoms with van der Waals surface area (Å²) in [5.74, 6) is 1.12. The smallest absolute Gasteiger partial charge is 0.257 e. The molecule has 0 aliphatic heterocycles. The van der Waals surface area contributed by atoms with Crippen LogP contribution in [0.15, 0.2) is 42.5 Å². The lowest BCUT2D eigenvalue weighted by Crippen LogP contribution is -2.32. The van der Waals surface area contributed by atoms with Crippen molar-refractivity contribution in [1.29, 1.82) is 0 Å². The van der Waals surface area contributed by atoms with Crippen LogP contribution < -0.4 is 20.5 Å². The molecule has 0 aliphatic rings. The second-order valence-corrected chi connectivity index (χ2v) is 7.30. The number of hydrogen-bond donors (Lipinski definition) is 2. The van der Waals surface area contributed by atoms with Crippen molar-refractivity contribution in [3.8, 4) is 17.2 Å². The Morgan fingerprint density at radius 3 is 2.42 bits per heavy atom. The van der Waals surface area contributed by atoms with Crippen LogP contribution in [0.2, 0.25) is 0 Å². The Bertz CT molecular complexity index is 1280. The first-order valence-electron chi connectivity index (χ1n) is 10.1. The number of nitrogen functional groups attached to an aromatic ring is 1. The summed E-state index contributed by atoms with van der Waals surface area (Å²) in [4.78, 5) is 22.7. The third kappa shape index (κ3) is 3.50. The third-order valence-corrected chi connectivity index (χ3v) is 5.34. The van der Waals surface area contributed by atoms with Gasteiger partial charge >= 0.3 is 0 Å². The number of rotatable bonds is 6. The molecule has 0 fully saturated rings. The van der Waals surface area contributed by atoms with Crippen molar-refractivity contribution in [3.05, 3.63) is 48.0 Å². The fourth-order valence-corrected chi connectivity index (χ4v) is 3.51. The predicted octanol–water partition coefficient (Wildman–Crippen LogP) is 3.70. The topological polar surface area (TPSA) is 104 Å². The normalized spacial score (nSPS) is 12.1. The molecule has 0 spiro atoms. The van der Waals surface area contributed by atoms with E-state index in [4.69, 9.17) is 25.2 Å². The largest absolute Gasteiger partial charge is 0.493 e. The highest BCUT2D eigenvalue weighted by atomic mass is 16.5. The Kier molecular flexibility index (Phi) is 5.37. The van der Waals surface area contributed by atoms with E-state index in [-0.39, 0.29) is 17.8 Å². The Morgan fingerprint density at radius 1 is 1.10 bits per heavy atom. The minimum absolute atomic E-state index is 0.000189. The first-order chi connectivity index (χ1) is 15.0. The number of benzene rings is 2. The SMILES string of the molecule is CC[C@@H](C)NC(=O)c1c(N)n(-c2ccc(OC)c(OC)c2)c2nc3ccccc3nc12. The van der Waals surface area contributed by atoms with Gasteiger partial charge < -0.3 is 20.5 Å². The lowest BCUT2D eigenvalue weighted by Gasteiger charge is -2.13. The average molecular weight is 419 g/mol. The number of ether oxygens (including phenoxy) is 2. The van der Waals surface area contributed by atoms with E-state index in [0.29, 0.717) is 44.9 Å². The van der Waals surface area contributed by atoms with Crippen LogP contribution in [-0.2, 0) is 0 Å². The number of aromatic nitrogens is 3. The van der Waals surface area contributed by atoms with Gasteiger partial charge in [0.05, 0.1) is 30.9 Å². The Balaban J connectivity index is 2.02. The van der Waals surface area contributed by atoms with E-state index in [0.717, 1.165) is 6.42 Å². The molecule has 0 saturated heterocycles. The van der Waals surface area contributed by atoms with Gasteiger partial charge in [-0.1, -0.05) is 19.1 Å². The summed E-state index contributed by atoms with van der Waals surface area (Å²) < 4.78 is 12.5. The van der Waals surface area contributed by atoms with E-state index in [1.165, 1.54) is 0 Å². The monoisotopic (exact) mass is 419 g/mol. The molecule has 1 atom stereocenters. The number of fused-ring (bicyclic) bond motifs is 2. The number of carbonyl (C=O) groups is 1. The number of hydrogen-bond acceptors (Lipinski definition) is 6. The number of carbonyl (C=O) groups excluding carboxylic acids is 1. The van der Waals surface area contributed by atoms with Crippen molar-refractivity contribution >= 4 is 33.9 Å². The molecule has 1 amide bonds. The average Bonchev–Trinajstić information content (AvgIpc) is 3.07. The van der Waals surface area contributed by atoms with Crippen molar-refractivity contribution in [2.75, 3.05) is 20.0 Å². The Morgan fingerprint density at radius 2 is 1.77 bits per heavy atom. The Labute approximate surface area is 180 Å². The zero-order chi connectivity index (χ0) is 22.1. The Hall–Kier alpha value is -3.81. The van der Waals surface area contributed by atoms with Crippen molar-refractivity contribution in [3.63, 3.8) is 0 Å². The number of nitrogens with zero attached hydrogens (tertiary/aromatic N) is 3. The quantitative estimate of drug-likeness (QED) is 0.494. The van der Waals surface area contributed by atoms with Gasteiger partial charge in [0.25, 0.3) is 5.91 Å². The van der Waals surface area contributed by atoms with Gasteiger partial charge in [-0.3, -0.25) is 9.36 Å². The summed E-state index contributed by atoms with van der Waals surface area (Å²) in [6.07, 6.45) is 0.800. The molecule has 160 valence electrons. The summed E-state index contributed by atoms with van der Waals surface area (Å²) >= 11 is 0. The van der Waals surface area contributed by atoms with E-state index in [1.54, 1.807) is 30.9 Å². The van der Waals surface area contributed by atoms with Gasteiger partial charge in [0, 0.05) is 12.1 Å². The van der Waals surface area contributed by atoms with Crippen molar-refractivity contribution in [2.24, 2.45) is 0 Å². The number of amides is 1. The lowest BCUT2D eigenvalue weighted by atomic mass is 10.2. The van der Waals surface area contributed by atoms with Crippen LogP contribution in [0.25, 0.3) is 27.9 Å². The fraction of sp³-hybridized carbons (Fsp3) is 0.261. The van der Waals surface area contributed by atoms with Gasteiger partial charge in [0.15, 0.2) is 17.1 Å². The number of anilines is 1. The summed E-state index contributed by atoms with van der Waals surface area (Å²) in [6, 6.07) is 12.9. The van der Waals surface area contributed by atoms with Crippen LogP contribution in [0.4, 0.5) is 5.82 Å². The van der Waals surface area contributed by atoms with Crippen LogP contribution in [0.1, 0.15) is 30.6 Å². The molecule has 4 aromatic rings. The first-order valence-corrected chi connectivity index (χ1v) is 10.1. The zero-order valence-corrected chi connectivity index (χ0v) is 18.0. The molecule has 31 heavy (non-hydrogen) atoms. The predicted molar refractivity (Wildman–Crippen MR) is 121 cm³/mol. The molecule has 0 bridgehead atoms. The van der Waals surface area contributed by atoms with Crippen LogP contribution >= 0.6 is 0 Å². The van der Waals surface area contributed by atoms with Gasteiger partial charge in [-0.25, -0.2) is 9.97 Å². The second-order valence-electron chi connectivity index (χ2n) is 7.30. The maximum Gasteiger partial charge on any atom is 0.257 e. The van der Waals surface area contributed by atoms with E-state index in [2.05, 4.69) is 5.32 Å². The van der Waals surface area contributed by atoms with Crippen LogP contribution in [0.5, 0.6) is 11.5 Å².